The van der Waals surface area contributed by atoms with Gasteiger partial charge < -0.3 is 18.6 Å². The minimum Gasteiger partial charge on any atom is -0.381 e. The molecule has 2 heterocycles. The van der Waals surface area contributed by atoms with E-state index in [9.17, 15) is 18.0 Å². The summed E-state index contributed by atoms with van der Waals surface area (Å²) >= 11 is 0. The lowest BCUT2D eigenvalue weighted by Crippen LogP contribution is -2.31. The summed E-state index contributed by atoms with van der Waals surface area (Å²) in [5.74, 6) is 1.04. The molecule has 1 aliphatic rings. The van der Waals surface area contributed by atoms with Crippen molar-refractivity contribution in [3.63, 3.8) is 0 Å². The Kier molecular flexibility index (Phi) is 6.13. The predicted molar refractivity (Wildman–Crippen MR) is 115 cm³/mol. The summed E-state index contributed by atoms with van der Waals surface area (Å²) in [6, 6.07) is 7.67. The fraction of sp³-hybridized carbons (Fsp3) is 0.478. The van der Waals surface area contributed by atoms with Gasteiger partial charge in [-0.1, -0.05) is 6.07 Å². The van der Waals surface area contributed by atoms with Crippen LogP contribution < -0.4 is 5.56 Å². The summed E-state index contributed by atoms with van der Waals surface area (Å²) in [5, 5.41) is 0. The van der Waals surface area contributed by atoms with Crippen LogP contribution in [0.15, 0.2) is 35.3 Å². The van der Waals surface area contributed by atoms with Crippen molar-refractivity contribution in [2.24, 2.45) is 7.05 Å². The number of pyridine rings is 1. The van der Waals surface area contributed by atoms with Crippen molar-refractivity contribution in [1.29, 1.82) is 0 Å². The average molecular weight is 449 g/mol. The summed E-state index contributed by atoms with van der Waals surface area (Å²) in [4.78, 5) is 16.8. The Morgan fingerprint density at radius 3 is 2.59 bits per heavy atom. The number of fused-ring (bicyclic) bond motifs is 1. The molecule has 0 saturated heterocycles. The molecule has 1 aliphatic carbocycles. The number of rotatable bonds is 7. The second-order valence-corrected chi connectivity index (χ2v) is 8.35. The van der Waals surface area contributed by atoms with Gasteiger partial charge in [0.2, 0.25) is 0 Å². The van der Waals surface area contributed by atoms with Crippen LogP contribution in [-0.2, 0) is 23.1 Å². The zero-order chi connectivity index (χ0) is 23.0. The maximum absolute atomic E-state index is 12.5. The van der Waals surface area contributed by atoms with Crippen LogP contribution >= 0.6 is 0 Å². The Morgan fingerprint density at radius 2 is 1.94 bits per heavy atom. The summed E-state index contributed by atoms with van der Waals surface area (Å²) in [6.45, 7) is 0.702. The van der Waals surface area contributed by atoms with Crippen LogP contribution in [0.25, 0.3) is 22.2 Å². The van der Waals surface area contributed by atoms with Crippen molar-refractivity contribution < 1.29 is 22.6 Å². The van der Waals surface area contributed by atoms with E-state index in [1.54, 1.807) is 31.8 Å². The molecule has 1 fully saturated rings. The van der Waals surface area contributed by atoms with E-state index < -0.39 is 12.8 Å². The second-order valence-electron chi connectivity index (χ2n) is 8.35. The van der Waals surface area contributed by atoms with Crippen molar-refractivity contribution in [2.75, 3.05) is 20.3 Å². The number of imidazole rings is 1. The van der Waals surface area contributed by atoms with Gasteiger partial charge in [0.05, 0.1) is 23.7 Å². The molecule has 3 aromatic rings. The summed E-state index contributed by atoms with van der Waals surface area (Å²) in [7, 11) is 3.39. The molecule has 172 valence electrons. The van der Waals surface area contributed by atoms with Crippen molar-refractivity contribution in [3.05, 3.63) is 52.2 Å². The van der Waals surface area contributed by atoms with Crippen molar-refractivity contribution in [2.45, 2.75) is 44.5 Å². The number of benzene rings is 1. The van der Waals surface area contributed by atoms with E-state index in [4.69, 9.17) is 14.5 Å². The Bertz CT molecular complexity index is 1150. The SMILES string of the molecule is CO[C@H]1C[C@H](c2nc3ccc(-c4cc(C)c(=O)n(C)c4)cc3n2CCOCC(F)(F)F)C1. The highest BCUT2D eigenvalue weighted by molar-refractivity contribution is 5.82. The van der Waals surface area contributed by atoms with Gasteiger partial charge >= 0.3 is 6.18 Å². The standard InChI is InChI=1S/C23H26F3N3O3/c1-14-8-17(12-28(2)22(14)30)15-4-5-19-20(11-15)29(6-7-32-13-23(24,25)26)21(27-19)16-9-18(10-16)31-3/h4-5,8,11-12,16,18H,6-7,9-10,13H2,1-3H3/t16-,18-. The number of alkyl halides is 3. The fourth-order valence-corrected chi connectivity index (χ4v) is 4.22. The maximum Gasteiger partial charge on any atom is 0.411 e. The number of nitrogens with zero attached hydrogens (tertiary/aromatic N) is 3. The number of aromatic nitrogens is 3. The highest BCUT2D eigenvalue weighted by Crippen LogP contribution is 2.39. The Hall–Kier alpha value is -2.65. The van der Waals surface area contributed by atoms with Crippen molar-refractivity contribution in [1.82, 2.24) is 14.1 Å². The van der Waals surface area contributed by atoms with Crippen LogP contribution in [0.5, 0.6) is 0 Å². The molecule has 9 heteroatoms. The third kappa shape index (κ3) is 4.59. The summed E-state index contributed by atoms with van der Waals surface area (Å²) in [6.07, 6.45) is -0.738. The van der Waals surface area contributed by atoms with Gasteiger partial charge in [-0.05, 0) is 49.1 Å². The molecule has 0 radical (unpaired) electrons. The van der Waals surface area contributed by atoms with Crippen molar-refractivity contribution in [3.8, 4) is 11.1 Å². The van der Waals surface area contributed by atoms with E-state index >= 15 is 0 Å². The normalized spacial score (nSPS) is 18.8. The van der Waals surface area contributed by atoms with Gasteiger partial charge in [0, 0.05) is 38.4 Å². The first-order valence-corrected chi connectivity index (χ1v) is 10.5. The molecule has 0 unspecified atom stereocenters. The first-order chi connectivity index (χ1) is 15.2. The zero-order valence-electron chi connectivity index (χ0n) is 18.3. The topological polar surface area (TPSA) is 58.3 Å². The lowest BCUT2D eigenvalue weighted by molar-refractivity contribution is -0.174. The van der Waals surface area contributed by atoms with Gasteiger partial charge in [-0.3, -0.25) is 4.79 Å². The second kappa shape index (κ2) is 8.71. The van der Waals surface area contributed by atoms with Gasteiger partial charge in [0.15, 0.2) is 0 Å². The van der Waals surface area contributed by atoms with E-state index in [1.165, 1.54) is 0 Å². The minimum atomic E-state index is -4.35. The van der Waals surface area contributed by atoms with Crippen LogP contribution in [0.2, 0.25) is 0 Å². The third-order valence-corrected chi connectivity index (χ3v) is 5.99. The first kappa shape index (κ1) is 22.5. The van der Waals surface area contributed by atoms with Gasteiger partial charge in [-0.15, -0.1) is 0 Å². The molecular formula is C23H26F3N3O3. The largest absolute Gasteiger partial charge is 0.411 e. The van der Waals surface area contributed by atoms with Gasteiger partial charge in [-0.25, -0.2) is 4.98 Å². The quantitative estimate of drug-likeness (QED) is 0.508. The number of hydrogen-bond donors (Lipinski definition) is 0. The molecule has 1 saturated carbocycles. The fourth-order valence-electron chi connectivity index (χ4n) is 4.22. The predicted octanol–water partition coefficient (Wildman–Crippen LogP) is 4.18. The molecule has 1 aromatic carbocycles. The third-order valence-electron chi connectivity index (χ3n) is 5.99. The number of hydrogen-bond acceptors (Lipinski definition) is 4. The van der Waals surface area contributed by atoms with Gasteiger partial charge in [0.25, 0.3) is 5.56 Å². The van der Waals surface area contributed by atoms with E-state index in [-0.39, 0.29) is 30.7 Å². The smallest absolute Gasteiger partial charge is 0.381 e. The minimum absolute atomic E-state index is 0.0540. The first-order valence-electron chi connectivity index (χ1n) is 10.5. The molecule has 32 heavy (non-hydrogen) atoms. The molecular weight excluding hydrogens is 423 g/mol. The number of ether oxygens (including phenoxy) is 2. The van der Waals surface area contributed by atoms with Crippen molar-refractivity contribution >= 4 is 11.0 Å². The zero-order valence-corrected chi connectivity index (χ0v) is 18.3. The van der Waals surface area contributed by atoms with E-state index in [0.29, 0.717) is 5.56 Å². The summed E-state index contributed by atoms with van der Waals surface area (Å²) in [5.41, 5.74) is 3.99. The van der Waals surface area contributed by atoms with Gasteiger partial charge in [0.1, 0.15) is 12.4 Å². The molecule has 0 atom stereocenters. The average Bonchev–Trinajstić information content (AvgIpc) is 3.05. The van der Waals surface area contributed by atoms with E-state index in [0.717, 1.165) is 40.8 Å². The molecule has 0 aliphatic heterocycles. The number of aryl methyl sites for hydroxylation is 2. The maximum atomic E-state index is 12.5. The lowest BCUT2D eigenvalue weighted by atomic mass is 9.81. The van der Waals surface area contributed by atoms with Crippen LogP contribution in [0.4, 0.5) is 13.2 Å². The molecule has 0 spiro atoms. The van der Waals surface area contributed by atoms with Crippen LogP contribution in [0.3, 0.4) is 0 Å². The molecule has 0 bridgehead atoms. The van der Waals surface area contributed by atoms with Gasteiger partial charge in [-0.2, -0.15) is 13.2 Å². The highest BCUT2D eigenvalue weighted by atomic mass is 19.4. The number of methoxy groups -OCH3 is 1. The lowest BCUT2D eigenvalue weighted by Gasteiger charge is -2.33. The van der Waals surface area contributed by atoms with Crippen LogP contribution in [-0.4, -0.2) is 46.7 Å². The van der Waals surface area contributed by atoms with E-state index in [1.807, 2.05) is 28.8 Å². The number of halogens is 3. The molecule has 0 N–H and O–H groups in total. The monoisotopic (exact) mass is 449 g/mol. The molecule has 2 aromatic heterocycles. The highest BCUT2D eigenvalue weighted by Gasteiger charge is 2.34. The van der Waals surface area contributed by atoms with Crippen LogP contribution in [0, 0.1) is 6.92 Å². The molecule has 4 rings (SSSR count). The summed E-state index contributed by atoms with van der Waals surface area (Å²) < 4.78 is 51.2. The Labute approximate surface area is 183 Å². The molecule has 6 nitrogen and oxygen atoms in total. The van der Waals surface area contributed by atoms with Crippen LogP contribution in [0.1, 0.15) is 30.1 Å². The Balaban J connectivity index is 1.69. The Morgan fingerprint density at radius 1 is 1.19 bits per heavy atom. The molecule has 0 amide bonds. The van der Waals surface area contributed by atoms with E-state index in [2.05, 4.69) is 0 Å².